The van der Waals surface area contributed by atoms with Crippen LogP contribution in [0.2, 0.25) is 0 Å². The lowest BCUT2D eigenvalue weighted by Gasteiger charge is -1.40. The molecule has 4 radical (unpaired) electrons. The number of allylic oxidation sites excluding steroid dienone is 2. The zero-order valence-electron chi connectivity index (χ0n) is 2.15. The van der Waals surface area contributed by atoms with E-state index < -0.39 is 0 Å². The molecular formula is C4H2. The van der Waals surface area contributed by atoms with Crippen LogP contribution in [0, 0.1) is 19.2 Å². The fourth-order valence-electron chi connectivity index (χ4n) is 0. The van der Waals surface area contributed by atoms with Gasteiger partial charge in [0.15, 0.2) is 0 Å². The molecule has 0 aromatic carbocycles. The Morgan fingerprint density at radius 1 is 2.00 bits per heavy atom. The lowest BCUT2D eigenvalue weighted by molar-refractivity contribution is 1.98. The summed E-state index contributed by atoms with van der Waals surface area (Å²) in [5.74, 6) is 0. The number of hydrogen-bond donors (Lipinski definition) is 0. The van der Waals surface area contributed by atoms with Gasteiger partial charge in [-0.1, -0.05) is 6.58 Å². The van der Waals surface area contributed by atoms with Gasteiger partial charge in [0.1, 0.15) is 0 Å². The average molecular weight is 50.1 g/mol. The van der Waals surface area contributed by atoms with Gasteiger partial charge >= 0.3 is 0 Å². The fourth-order valence-corrected chi connectivity index (χ4v) is 0. The van der Waals surface area contributed by atoms with Gasteiger partial charge in [-0.15, -0.1) is 0 Å². The van der Waals surface area contributed by atoms with Crippen LogP contribution in [-0.2, 0) is 0 Å². The quantitative estimate of drug-likeness (QED) is 0.383. The third-order valence-electron chi connectivity index (χ3n) is 0.0833. The van der Waals surface area contributed by atoms with Crippen LogP contribution in [0.15, 0.2) is 6.08 Å². The van der Waals surface area contributed by atoms with E-state index in [0.29, 0.717) is 0 Å². The van der Waals surface area contributed by atoms with Gasteiger partial charge in [-0.05, 0) is 18.7 Å². The standard InChI is InChI=1S/C4H2/c1-3-4-2/h1,4H. The topological polar surface area (TPSA) is 0 Å². The largest absolute Gasteiger partial charge is 0.0537 e. The molecule has 0 atom stereocenters. The van der Waals surface area contributed by atoms with Gasteiger partial charge in [0.25, 0.3) is 0 Å². The Morgan fingerprint density at radius 3 is 2.25 bits per heavy atom. The Bertz CT molecular complexity index is 21.0. The smallest absolute Gasteiger partial charge is 0.00923 e. The lowest BCUT2D eigenvalue weighted by atomic mass is 10.6. The maximum atomic E-state index is 6.09. The highest BCUT2D eigenvalue weighted by atomic mass is 13.4. The van der Waals surface area contributed by atoms with Crippen molar-refractivity contribution in [1.29, 1.82) is 0 Å². The summed E-state index contributed by atoms with van der Waals surface area (Å²) in [5, 5.41) is 0. The molecule has 0 bridgehead atoms. The molecule has 0 rings (SSSR count). The van der Waals surface area contributed by atoms with Gasteiger partial charge in [0, 0.05) is 0 Å². The number of rotatable bonds is 1. The monoisotopic (exact) mass is 50.0 g/mol. The van der Waals surface area contributed by atoms with E-state index in [9.17, 15) is 0 Å². The molecule has 0 spiro atoms. The highest BCUT2D eigenvalue weighted by Gasteiger charge is 1.34. The minimum Gasteiger partial charge on any atom is -0.0537 e. The van der Waals surface area contributed by atoms with Crippen molar-refractivity contribution < 1.29 is 0 Å². The Morgan fingerprint density at radius 2 is 2.25 bits per heavy atom. The second kappa shape index (κ2) is 2.48. The molecule has 0 aromatic rings. The summed E-state index contributed by atoms with van der Waals surface area (Å²) in [6.07, 6.45) is 2.88. The SMILES string of the molecule is [C]=C[C]=[CH]. The van der Waals surface area contributed by atoms with Gasteiger partial charge in [0.05, 0.1) is 0 Å². The van der Waals surface area contributed by atoms with Crippen LogP contribution in [0.3, 0.4) is 0 Å². The van der Waals surface area contributed by atoms with Crippen LogP contribution in [0.25, 0.3) is 0 Å². The molecule has 0 saturated carbocycles. The first-order valence-corrected chi connectivity index (χ1v) is 0.866. The molecule has 0 aliphatic carbocycles. The third-order valence-corrected chi connectivity index (χ3v) is 0.0833. The molecule has 0 aromatic heterocycles. The first-order chi connectivity index (χ1) is 1.91. The fraction of sp³-hybridized carbons (Fsp3) is 0. The van der Waals surface area contributed by atoms with E-state index in [2.05, 4.69) is 6.58 Å². The van der Waals surface area contributed by atoms with E-state index >= 15 is 0 Å². The summed E-state index contributed by atoms with van der Waals surface area (Å²) >= 11 is 0. The van der Waals surface area contributed by atoms with Gasteiger partial charge in [0.2, 0.25) is 0 Å². The van der Waals surface area contributed by atoms with Crippen LogP contribution in [0.5, 0.6) is 0 Å². The molecular weight excluding hydrogens is 48.0 g/mol. The first-order valence-electron chi connectivity index (χ1n) is 0.866. The van der Waals surface area contributed by atoms with Gasteiger partial charge < -0.3 is 0 Å². The summed E-state index contributed by atoms with van der Waals surface area (Å²) < 4.78 is 0. The van der Waals surface area contributed by atoms with Gasteiger partial charge in [-0.25, -0.2) is 0 Å². The van der Waals surface area contributed by atoms with Gasteiger partial charge in [-0.3, -0.25) is 0 Å². The maximum absolute atomic E-state index is 6.09. The molecule has 4 heavy (non-hydrogen) atoms. The van der Waals surface area contributed by atoms with Crippen molar-refractivity contribution in [3.8, 4) is 0 Å². The molecule has 18 valence electrons. The molecule has 0 unspecified atom stereocenters. The van der Waals surface area contributed by atoms with Crippen LogP contribution >= 0.6 is 0 Å². The van der Waals surface area contributed by atoms with Crippen LogP contribution < -0.4 is 0 Å². The maximum Gasteiger partial charge on any atom is -0.00923 e. The Balaban J connectivity index is 2.73. The summed E-state index contributed by atoms with van der Waals surface area (Å²) in [5.41, 5.74) is 0. The Kier molecular flexibility index (Phi) is 2.16. The van der Waals surface area contributed by atoms with E-state index in [4.69, 9.17) is 6.58 Å². The van der Waals surface area contributed by atoms with E-state index in [0.717, 1.165) is 6.08 Å². The molecule has 0 fully saturated rings. The minimum atomic E-state index is 0.903. The molecule has 0 nitrogen and oxygen atoms in total. The van der Waals surface area contributed by atoms with Crippen molar-refractivity contribution in [2.75, 3.05) is 0 Å². The Hall–Kier alpha value is -0.520. The zero-order chi connectivity index (χ0) is 3.41. The lowest BCUT2D eigenvalue weighted by Crippen LogP contribution is -1.26. The summed E-state index contributed by atoms with van der Waals surface area (Å²) in [4.78, 5) is 0. The predicted molar refractivity (Wildman–Crippen MR) is 15.4 cm³/mol. The zero-order valence-corrected chi connectivity index (χ0v) is 2.15. The molecule has 0 aliphatic rings. The first kappa shape index (κ1) is 3.48. The van der Waals surface area contributed by atoms with Crippen molar-refractivity contribution in [2.45, 2.75) is 0 Å². The van der Waals surface area contributed by atoms with E-state index in [1.165, 1.54) is 0 Å². The highest BCUT2D eigenvalue weighted by Crippen LogP contribution is 1.48. The van der Waals surface area contributed by atoms with Crippen LogP contribution in [0.4, 0.5) is 0 Å². The molecule has 0 aliphatic heterocycles. The predicted octanol–water partition coefficient (Wildman–Crippen LogP) is 0.645. The Labute approximate surface area is 26.5 Å². The van der Waals surface area contributed by atoms with E-state index in [1.807, 2.05) is 6.08 Å². The highest BCUT2D eigenvalue weighted by molar-refractivity contribution is 4.73. The van der Waals surface area contributed by atoms with Crippen molar-refractivity contribution >= 4 is 0 Å². The molecule has 0 N–H and O–H groups in total. The average Bonchev–Trinajstić information content (AvgIpc) is 1.37. The number of hydrogen-bond acceptors (Lipinski definition) is 0. The van der Waals surface area contributed by atoms with E-state index in [-0.39, 0.29) is 0 Å². The van der Waals surface area contributed by atoms with E-state index in [1.54, 1.807) is 0 Å². The van der Waals surface area contributed by atoms with Crippen LogP contribution in [-0.4, -0.2) is 0 Å². The third kappa shape index (κ3) is 1.48. The summed E-state index contributed by atoms with van der Waals surface area (Å²) in [7, 11) is 0. The molecule has 0 saturated heterocycles. The van der Waals surface area contributed by atoms with Crippen molar-refractivity contribution in [2.24, 2.45) is 0 Å². The van der Waals surface area contributed by atoms with Gasteiger partial charge in [-0.2, -0.15) is 0 Å². The van der Waals surface area contributed by atoms with Crippen LogP contribution in [0.1, 0.15) is 0 Å². The van der Waals surface area contributed by atoms with Crippen molar-refractivity contribution in [3.63, 3.8) is 0 Å². The van der Waals surface area contributed by atoms with Crippen molar-refractivity contribution in [1.82, 2.24) is 0 Å². The van der Waals surface area contributed by atoms with Crippen molar-refractivity contribution in [3.05, 3.63) is 25.3 Å². The second-order valence-electron chi connectivity index (χ2n) is 0.311. The summed E-state index contributed by atoms with van der Waals surface area (Å²) in [6.45, 7) is 10.6. The summed E-state index contributed by atoms with van der Waals surface area (Å²) in [6, 6.07) is 0. The second-order valence-corrected chi connectivity index (χ2v) is 0.311. The normalized spacial score (nSPS) is 5.00. The molecule has 0 heteroatoms. The molecule has 0 heterocycles. The minimum absolute atomic E-state index is 0.903. The molecule has 0 amide bonds.